The van der Waals surface area contributed by atoms with Crippen molar-refractivity contribution in [3.63, 3.8) is 0 Å². The monoisotopic (exact) mass is 554 g/mol. The van der Waals surface area contributed by atoms with Crippen molar-refractivity contribution in [3.8, 4) is 38.2 Å². The van der Waals surface area contributed by atoms with Gasteiger partial charge in [0.05, 0.1) is 29.4 Å². The zero-order valence-corrected chi connectivity index (χ0v) is 22.2. The van der Waals surface area contributed by atoms with Crippen molar-refractivity contribution in [1.82, 2.24) is 9.97 Å². The largest absolute Gasteiger partial charge is 0.496 e. The van der Waals surface area contributed by atoms with E-state index in [1.54, 1.807) is 36.8 Å². The van der Waals surface area contributed by atoms with E-state index in [2.05, 4.69) is 15.0 Å². The van der Waals surface area contributed by atoms with Crippen LogP contribution in [-0.2, 0) is 16.7 Å². The predicted octanol–water partition coefficient (Wildman–Crippen LogP) is 6.72. The first kappa shape index (κ1) is 25.0. The van der Waals surface area contributed by atoms with Gasteiger partial charge in [0.15, 0.2) is 5.76 Å². The Morgan fingerprint density at radius 3 is 2.68 bits per heavy atom. The molecule has 37 heavy (non-hydrogen) atoms. The molecule has 0 spiro atoms. The van der Waals surface area contributed by atoms with Crippen LogP contribution in [0.2, 0.25) is 0 Å². The molecule has 0 bridgehead atoms. The van der Waals surface area contributed by atoms with E-state index >= 15 is 0 Å². The molecule has 5 rings (SSSR count). The first-order chi connectivity index (χ1) is 17.8. The maximum absolute atomic E-state index is 11.7. The van der Waals surface area contributed by atoms with Crippen LogP contribution in [0.3, 0.4) is 0 Å². The fraction of sp³-hybridized carbons (Fsp3) is 0.120. The van der Waals surface area contributed by atoms with Gasteiger partial charge in [-0.1, -0.05) is 42.5 Å². The molecule has 3 heterocycles. The highest BCUT2D eigenvalue weighted by Gasteiger charge is 2.22. The Kier molecular flexibility index (Phi) is 6.98. The number of anilines is 3. The second kappa shape index (κ2) is 10.3. The van der Waals surface area contributed by atoms with Crippen molar-refractivity contribution >= 4 is 49.7 Å². The minimum Gasteiger partial charge on any atom is -0.496 e. The summed E-state index contributed by atoms with van der Waals surface area (Å²) < 4.78 is 46.4. The van der Waals surface area contributed by atoms with Gasteiger partial charge in [-0.25, -0.2) is 9.97 Å². The third-order valence-electron chi connectivity index (χ3n) is 5.44. The second-order valence-corrected chi connectivity index (χ2v) is 10.9. The number of aromatic nitrogens is 2. The number of nitrogens with zero attached hydrogens (tertiary/aromatic N) is 2. The number of aryl methyl sites for hydroxylation is 1. The molecule has 12 heteroatoms. The molecule has 0 saturated heterocycles. The lowest BCUT2D eigenvalue weighted by Gasteiger charge is -2.12. The first-order valence-electron chi connectivity index (χ1n) is 11.1. The number of benzene rings is 2. The molecule has 0 radical (unpaired) electrons. The Morgan fingerprint density at radius 2 is 1.95 bits per heavy atom. The predicted molar refractivity (Wildman–Crippen MR) is 147 cm³/mol. The van der Waals surface area contributed by atoms with Crippen LogP contribution >= 0.6 is 22.7 Å². The Balaban J connectivity index is 1.60. The lowest BCUT2D eigenvalue weighted by atomic mass is 10.0. The van der Waals surface area contributed by atoms with Crippen LogP contribution in [0.15, 0.2) is 70.6 Å². The average Bonchev–Trinajstić information content (AvgIpc) is 3.65. The van der Waals surface area contributed by atoms with Crippen LogP contribution in [0.4, 0.5) is 16.7 Å². The molecular formula is C25H22N4O5S3. The summed E-state index contributed by atoms with van der Waals surface area (Å²) in [5.41, 5.74) is 2.93. The van der Waals surface area contributed by atoms with Gasteiger partial charge < -0.3 is 9.15 Å². The summed E-state index contributed by atoms with van der Waals surface area (Å²) in [6.45, 7) is 2.00. The maximum atomic E-state index is 11.7. The highest BCUT2D eigenvalue weighted by Crippen LogP contribution is 2.43. The Bertz CT molecular complexity index is 1640. The molecule has 5 aromatic rings. The molecule has 2 aromatic carbocycles. The number of hydrogen-bond donors (Lipinski definition) is 3. The third kappa shape index (κ3) is 5.52. The second-order valence-electron chi connectivity index (χ2n) is 7.84. The SMILES string of the molecule is CCc1ccc(NS(=O)(=O)O)c(-c2nc(-c3cccs3)sc2Nc2ncc(-c3ccccc3OC)o2)c1. The van der Waals surface area contributed by atoms with Gasteiger partial charge >= 0.3 is 10.3 Å². The van der Waals surface area contributed by atoms with Crippen LogP contribution in [0.5, 0.6) is 5.75 Å². The van der Waals surface area contributed by atoms with E-state index in [1.807, 2.05) is 54.8 Å². The number of nitrogens with one attached hydrogen (secondary N) is 2. The average molecular weight is 555 g/mol. The van der Waals surface area contributed by atoms with Crippen LogP contribution < -0.4 is 14.8 Å². The summed E-state index contributed by atoms with van der Waals surface area (Å²) in [7, 11) is -2.91. The summed E-state index contributed by atoms with van der Waals surface area (Å²) in [6.07, 6.45) is 2.33. The maximum Gasteiger partial charge on any atom is 0.357 e. The zero-order chi connectivity index (χ0) is 26.0. The van der Waals surface area contributed by atoms with Crippen LogP contribution in [0.25, 0.3) is 32.5 Å². The van der Waals surface area contributed by atoms with E-state index < -0.39 is 10.3 Å². The quantitative estimate of drug-likeness (QED) is 0.171. The van der Waals surface area contributed by atoms with Crippen molar-refractivity contribution < 1.29 is 22.1 Å². The van der Waals surface area contributed by atoms with E-state index in [4.69, 9.17) is 14.1 Å². The standard InChI is InChI=1S/C25H22N4O5S3/c1-3-15-10-11-18(29-37(30,31)32)17(13-15)22-24(36-23(27-22)21-9-6-12-35-21)28-25-26-14-20(34-25)16-7-4-5-8-19(16)33-2/h4-14,29H,3H2,1-2H3,(H,26,28)(H,30,31,32). The summed E-state index contributed by atoms with van der Waals surface area (Å²) in [5, 5.41) is 6.51. The zero-order valence-electron chi connectivity index (χ0n) is 19.8. The lowest BCUT2D eigenvalue weighted by molar-refractivity contribution is 0.415. The molecule has 3 N–H and O–H groups in total. The smallest absolute Gasteiger partial charge is 0.357 e. The van der Waals surface area contributed by atoms with Gasteiger partial charge in [-0.15, -0.1) is 11.3 Å². The summed E-state index contributed by atoms with van der Waals surface area (Å²) in [5.74, 6) is 1.17. The summed E-state index contributed by atoms with van der Waals surface area (Å²) in [4.78, 5) is 10.2. The topological polar surface area (TPSA) is 127 Å². The Morgan fingerprint density at radius 1 is 1.11 bits per heavy atom. The number of hydrogen-bond acceptors (Lipinski definition) is 9. The molecule has 0 amide bonds. The van der Waals surface area contributed by atoms with E-state index in [0.717, 1.165) is 27.4 Å². The highest BCUT2D eigenvalue weighted by molar-refractivity contribution is 7.87. The number of methoxy groups -OCH3 is 1. The Labute approximate surface area is 221 Å². The van der Waals surface area contributed by atoms with Gasteiger partial charge in [-0.2, -0.15) is 8.42 Å². The minimum absolute atomic E-state index is 0.202. The molecule has 3 aromatic heterocycles. The molecule has 0 aliphatic carbocycles. The summed E-state index contributed by atoms with van der Waals surface area (Å²) in [6, 6.07) is 16.9. The molecule has 0 fully saturated rings. The van der Waals surface area contributed by atoms with Gasteiger partial charge in [0.2, 0.25) is 0 Å². The number of ether oxygens (including phenoxy) is 1. The lowest BCUT2D eigenvalue weighted by Crippen LogP contribution is -2.11. The minimum atomic E-state index is -4.50. The van der Waals surface area contributed by atoms with Crippen molar-refractivity contribution in [3.05, 3.63) is 71.7 Å². The highest BCUT2D eigenvalue weighted by atomic mass is 32.2. The molecule has 9 nitrogen and oxygen atoms in total. The number of para-hydroxylation sites is 1. The molecule has 0 atom stereocenters. The van der Waals surface area contributed by atoms with Gasteiger partial charge in [0.1, 0.15) is 21.5 Å². The van der Waals surface area contributed by atoms with Gasteiger partial charge in [-0.3, -0.25) is 14.6 Å². The van der Waals surface area contributed by atoms with E-state index in [-0.39, 0.29) is 11.7 Å². The molecule has 0 aliphatic rings. The van der Waals surface area contributed by atoms with Crippen LogP contribution in [0.1, 0.15) is 12.5 Å². The van der Waals surface area contributed by atoms with Crippen molar-refractivity contribution in [1.29, 1.82) is 0 Å². The number of rotatable bonds is 9. The van der Waals surface area contributed by atoms with E-state index in [9.17, 15) is 13.0 Å². The third-order valence-corrected chi connectivity index (χ3v) is 7.93. The van der Waals surface area contributed by atoms with Crippen LogP contribution in [0, 0.1) is 0 Å². The van der Waals surface area contributed by atoms with E-state index in [1.165, 1.54) is 11.3 Å². The van der Waals surface area contributed by atoms with Crippen molar-refractivity contribution in [2.75, 3.05) is 17.1 Å². The van der Waals surface area contributed by atoms with Crippen LogP contribution in [-0.4, -0.2) is 30.0 Å². The molecule has 190 valence electrons. The molecule has 0 aliphatic heterocycles. The van der Waals surface area contributed by atoms with E-state index in [0.29, 0.717) is 27.8 Å². The Hall–Kier alpha value is -3.71. The van der Waals surface area contributed by atoms with Gasteiger partial charge in [0, 0.05) is 5.56 Å². The van der Waals surface area contributed by atoms with Crippen molar-refractivity contribution in [2.24, 2.45) is 0 Å². The molecular weight excluding hydrogens is 532 g/mol. The number of thiazole rings is 1. The number of oxazole rings is 1. The fourth-order valence-corrected chi connectivity index (χ4v) is 5.95. The normalized spacial score (nSPS) is 11.4. The molecule has 0 unspecified atom stereocenters. The first-order valence-corrected chi connectivity index (χ1v) is 14.3. The van der Waals surface area contributed by atoms with Gasteiger partial charge in [-0.05, 0) is 47.7 Å². The van der Waals surface area contributed by atoms with Crippen molar-refractivity contribution in [2.45, 2.75) is 13.3 Å². The molecule has 0 saturated carbocycles. The number of thiophene rings is 1. The fourth-order valence-electron chi connectivity index (χ4n) is 3.73. The summed E-state index contributed by atoms with van der Waals surface area (Å²) >= 11 is 2.93. The van der Waals surface area contributed by atoms with Gasteiger partial charge in [0.25, 0.3) is 6.01 Å².